The van der Waals surface area contributed by atoms with Gasteiger partial charge >= 0.3 is 5.97 Å². The van der Waals surface area contributed by atoms with E-state index in [-0.39, 0.29) is 24.8 Å². The van der Waals surface area contributed by atoms with Crippen LogP contribution in [0.4, 0.5) is 5.69 Å². The fraction of sp³-hybridized carbons (Fsp3) is 0.250. The highest BCUT2D eigenvalue weighted by atomic mass is 16.5. The van der Waals surface area contributed by atoms with Crippen LogP contribution in [0, 0.1) is 0 Å². The van der Waals surface area contributed by atoms with E-state index in [0.29, 0.717) is 22.6 Å². The molecule has 1 aliphatic heterocycles. The van der Waals surface area contributed by atoms with Gasteiger partial charge in [0.25, 0.3) is 0 Å². The number of amides is 2. The number of methoxy groups -OCH3 is 1. The average molecular weight is 368 g/mol. The molecule has 0 fully saturated rings. The molecule has 0 bridgehead atoms. The van der Waals surface area contributed by atoms with Crippen LogP contribution in [0.5, 0.6) is 5.75 Å². The van der Waals surface area contributed by atoms with Gasteiger partial charge in [0.2, 0.25) is 11.8 Å². The maximum atomic E-state index is 12.4. The zero-order valence-corrected chi connectivity index (χ0v) is 15.1. The second-order valence-corrected chi connectivity index (χ2v) is 6.21. The van der Waals surface area contributed by atoms with Crippen molar-refractivity contribution < 1.29 is 23.9 Å². The van der Waals surface area contributed by atoms with Crippen molar-refractivity contribution in [1.29, 1.82) is 0 Å². The van der Waals surface area contributed by atoms with Crippen molar-refractivity contribution >= 4 is 23.5 Å². The van der Waals surface area contributed by atoms with Gasteiger partial charge in [-0.1, -0.05) is 18.2 Å². The van der Waals surface area contributed by atoms with Crippen molar-refractivity contribution in [3.05, 3.63) is 59.7 Å². The molecule has 2 aromatic rings. The Bertz CT molecular complexity index is 863. The summed E-state index contributed by atoms with van der Waals surface area (Å²) in [7, 11) is 3.10. The molecule has 1 heterocycles. The van der Waals surface area contributed by atoms with E-state index in [1.54, 1.807) is 62.7 Å². The summed E-state index contributed by atoms with van der Waals surface area (Å²) in [5, 5.41) is 2.72. The molecule has 1 aliphatic rings. The predicted octanol–water partition coefficient (Wildman–Crippen LogP) is 2.39. The molecule has 0 aliphatic carbocycles. The molecule has 3 rings (SSSR count). The van der Waals surface area contributed by atoms with Crippen LogP contribution in [-0.4, -0.2) is 43.4 Å². The minimum atomic E-state index is -0.617. The topological polar surface area (TPSA) is 84.9 Å². The Hall–Kier alpha value is -3.35. The maximum absolute atomic E-state index is 12.4. The van der Waals surface area contributed by atoms with E-state index in [1.165, 1.54) is 4.90 Å². The number of esters is 1. The molecule has 0 spiro atoms. The average Bonchev–Trinajstić information content (AvgIpc) is 2.98. The molecular formula is C20H20N2O5. The van der Waals surface area contributed by atoms with Crippen LogP contribution in [0.1, 0.15) is 28.4 Å². The summed E-state index contributed by atoms with van der Waals surface area (Å²) in [6, 6.07) is 13.9. The molecule has 1 unspecified atom stereocenters. The van der Waals surface area contributed by atoms with Crippen molar-refractivity contribution in [3.8, 4) is 5.75 Å². The van der Waals surface area contributed by atoms with Gasteiger partial charge < -0.3 is 19.7 Å². The first-order valence-corrected chi connectivity index (χ1v) is 8.45. The Morgan fingerprint density at radius 2 is 1.85 bits per heavy atom. The number of nitrogens with zero attached hydrogens (tertiary/aromatic N) is 1. The molecule has 0 saturated heterocycles. The summed E-state index contributed by atoms with van der Waals surface area (Å²) in [5.74, 6) is -0.343. The number of benzene rings is 2. The van der Waals surface area contributed by atoms with E-state index in [2.05, 4.69) is 5.32 Å². The summed E-state index contributed by atoms with van der Waals surface area (Å²) in [4.78, 5) is 37.7. The Morgan fingerprint density at radius 3 is 2.56 bits per heavy atom. The number of ether oxygens (including phenoxy) is 2. The minimum Gasteiger partial charge on any atom is -0.497 e. The van der Waals surface area contributed by atoms with Crippen molar-refractivity contribution in [3.63, 3.8) is 0 Å². The Balaban J connectivity index is 1.54. The fourth-order valence-corrected chi connectivity index (χ4v) is 2.86. The number of fused-ring (bicyclic) bond motifs is 1. The van der Waals surface area contributed by atoms with Gasteiger partial charge in [0, 0.05) is 18.3 Å². The van der Waals surface area contributed by atoms with Gasteiger partial charge in [0.1, 0.15) is 11.9 Å². The number of hydrogen-bond acceptors (Lipinski definition) is 5. The Labute approximate surface area is 156 Å². The SMILES string of the molecule is COc1ccc(NC(=O)CN(C)C(=O)CC2OC(=O)c3ccccc32)cc1. The number of likely N-dealkylation sites (N-methyl/N-ethyl adjacent to an activating group) is 1. The molecule has 1 N–H and O–H groups in total. The van der Waals surface area contributed by atoms with Gasteiger partial charge in [-0.25, -0.2) is 4.79 Å². The van der Waals surface area contributed by atoms with Gasteiger partial charge in [0.05, 0.1) is 25.6 Å². The van der Waals surface area contributed by atoms with Crippen molar-refractivity contribution in [1.82, 2.24) is 4.90 Å². The molecular weight excluding hydrogens is 348 g/mol. The van der Waals surface area contributed by atoms with Crippen LogP contribution in [0.25, 0.3) is 0 Å². The highest BCUT2D eigenvalue weighted by Gasteiger charge is 2.32. The minimum absolute atomic E-state index is 0.00489. The third kappa shape index (κ3) is 4.25. The lowest BCUT2D eigenvalue weighted by molar-refractivity contribution is -0.135. The van der Waals surface area contributed by atoms with E-state index in [1.807, 2.05) is 0 Å². The molecule has 140 valence electrons. The third-order valence-corrected chi connectivity index (χ3v) is 4.32. The number of hydrogen-bond donors (Lipinski definition) is 1. The van der Waals surface area contributed by atoms with Crippen LogP contribution >= 0.6 is 0 Å². The van der Waals surface area contributed by atoms with Crippen molar-refractivity contribution in [2.75, 3.05) is 26.0 Å². The summed E-state index contributed by atoms with van der Waals surface area (Å²) in [5.41, 5.74) is 1.79. The van der Waals surface area contributed by atoms with Crippen molar-refractivity contribution in [2.24, 2.45) is 0 Å². The zero-order valence-electron chi connectivity index (χ0n) is 15.1. The summed E-state index contributed by atoms with van der Waals surface area (Å²) in [6.45, 7) is -0.104. The lowest BCUT2D eigenvalue weighted by Crippen LogP contribution is -2.35. The van der Waals surface area contributed by atoms with E-state index >= 15 is 0 Å². The molecule has 0 radical (unpaired) electrons. The number of cyclic esters (lactones) is 1. The van der Waals surface area contributed by atoms with Crippen LogP contribution < -0.4 is 10.1 Å². The van der Waals surface area contributed by atoms with E-state index in [9.17, 15) is 14.4 Å². The lowest BCUT2D eigenvalue weighted by Gasteiger charge is -2.19. The first kappa shape index (κ1) is 18.4. The highest BCUT2D eigenvalue weighted by Crippen LogP contribution is 2.33. The summed E-state index contributed by atoms with van der Waals surface area (Å²) in [6.07, 6.45) is -0.622. The highest BCUT2D eigenvalue weighted by molar-refractivity contribution is 5.96. The summed E-state index contributed by atoms with van der Waals surface area (Å²) < 4.78 is 10.3. The van der Waals surface area contributed by atoms with E-state index in [0.717, 1.165) is 0 Å². The van der Waals surface area contributed by atoms with Crippen LogP contribution in [0.15, 0.2) is 48.5 Å². The van der Waals surface area contributed by atoms with Gasteiger partial charge in [-0.3, -0.25) is 9.59 Å². The summed E-state index contributed by atoms with van der Waals surface area (Å²) >= 11 is 0. The number of rotatable bonds is 6. The lowest BCUT2D eigenvalue weighted by atomic mass is 10.0. The molecule has 7 heteroatoms. The fourth-order valence-electron chi connectivity index (χ4n) is 2.86. The first-order chi connectivity index (χ1) is 13.0. The quantitative estimate of drug-likeness (QED) is 0.792. The number of carbonyl (C=O) groups is 3. The maximum Gasteiger partial charge on any atom is 0.339 e. The van der Waals surface area contributed by atoms with Gasteiger partial charge in [-0.15, -0.1) is 0 Å². The van der Waals surface area contributed by atoms with Crippen LogP contribution in [0.2, 0.25) is 0 Å². The standard InChI is InChI=1S/C20H20N2O5/c1-22(12-18(23)21-13-7-9-14(26-2)10-8-13)19(24)11-17-15-5-3-4-6-16(15)20(25)27-17/h3-10,17H,11-12H2,1-2H3,(H,21,23). The van der Waals surface area contributed by atoms with Crippen LogP contribution in [-0.2, 0) is 14.3 Å². The van der Waals surface area contributed by atoms with Crippen LogP contribution in [0.3, 0.4) is 0 Å². The monoisotopic (exact) mass is 368 g/mol. The molecule has 0 aromatic heterocycles. The van der Waals surface area contributed by atoms with Gasteiger partial charge in [-0.2, -0.15) is 0 Å². The normalized spacial score (nSPS) is 14.9. The molecule has 0 saturated carbocycles. The first-order valence-electron chi connectivity index (χ1n) is 8.45. The van der Waals surface area contributed by atoms with Crippen molar-refractivity contribution in [2.45, 2.75) is 12.5 Å². The Morgan fingerprint density at radius 1 is 1.15 bits per heavy atom. The smallest absolute Gasteiger partial charge is 0.339 e. The second-order valence-electron chi connectivity index (χ2n) is 6.21. The molecule has 7 nitrogen and oxygen atoms in total. The molecule has 27 heavy (non-hydrogen) atoms. The van der Waals surface area contributed by atoms with Gasteiger partial charge in [0.15, 0.2) is 0 Å². The number of anilines is 1. The third-order valence-electron chi connectivity index (χ3n) is 4.32. The Kier molecular flexibility index (Phi) is 5.40. The number of carbonyl (C=O) groups excluding carboxylic acids is 3. The second kappa shape index (κ2) is 7.90. The number of nitrogens with one attached hydrogen (secondary N) is 1. The molecule has 1 atom stereocenters. The largest absolute Gasteiger partial charge is 0.497 e. The predicted molar refractivity (Wildman–Crippen MR) is 98.5 cm³/mol. The molecule has 2 aromatic carbocycles. The molecule has 2 amide bonds. The van der Waals surface area contributed by atoms with E-state index in [4.69, 9.17) is 9.47 Å². The van der Waals surface area contributed by atoms with Gasteiger partial charge in [-0.05, 0) is 30.3 Å². The van der Waals surface area contributed by atoms with E-state index < -0.39 is 12.1 Å². The zero-order chi connectivity index (χ0) is 19.4.